The Kier molecular flexibility index (Phi) is 13.4. The van der Waals surface area contributed by atoms with Gasteiger partial charge in [-0.25, -0.2) is 9.37 Å². The highest BCUT2D eigenvalue weighted by atomic mass is 32.1. The van der Waals surface area contributed by atoms with Crippen LogP contribution in [0.4, 0.5) is 9.52 Å². The van der Waals surface area contributed by atoms with Gasteiger partial charge in [0.1, 0.15) is 23.1 Å². The number of hydrogen-bond donors (Lipinski definition) is 2. The SMILES string of the molecule is CCOC(=O)CN1CCC(F)(CCCOc2ccc(C3CCC(N4CCc5cccc(C(=O)Nc6nc7ccccc7s6)c5C4)NC3C(=O)OC(C)(C)C)c(C)c2)CC1. The number of hydrogen-bond acceptors (Lipinski definition) is 11. The molecule has 2 saturated heterocycles. The molecule has 1 aromatic heterocycles. The predicted molar refractivity (Wildman–Crippen MR) is 229 cm³/mol. The lowest BCUT2D eigenvalue weighted by Gasteiger charge is -2.44. The van der Waals surface area contributed by atoms with Gasteiger partial charge in [0, 0.05) is 37.7 Å². The van der Waals surface area contributed by atoms with Gasteiger partial charge in [-0.1, -0.05) is 41.7 Å². The molecule has 0 aliphatic carbocycles. The Labute approximate surface area is 351 Å². The number of esters is 2. The second-order valence-electron chi connectivity index (χ2n) is 17.2. The third kappa shape index (κ3) is 10.7. The standard InChI is InChI=1S/C46H58FN5O6S/c1-6-56-40(53)29-51-24-21-46(47,22-25-51)20-10-26-57-32-15-16-33(30(2)27-32)34-17-18-39(49-41(34)43(55)58-45(3,4)5)52-23-19-31-11-9-12-35(36(31)28-52)42(54)50-44-48-37-13-7-8-14-38(37)59-44/h7-9,11-16,27,34,39,41,49H,6,10,17-26,28-29H2,1-5H3,(H,48,50,54). The minimum Gasteiger partial charge on any atom is -0.494 e. The van der Waals surface area contributed by atoms with E-state index in [1.54, 1.807) is 6.92 Å². The molecule has 3 aliphatic rings. The molecule has 4 heterocycles. The number of likely N-dealkylation sites (tertiary alicyclic amines) is 1. The fourth-order valence-electron chi connectivity index (χ4n) is 8.79. The van der Waals surface area contributed by atoms with Crippen LogP contribution in [-0.4, -0.2) is 95.5 Å². The summed E-state index contributed by atoms with van der Waals surface area (Å²) in [6.45, 7) is 12.9. The van der Waals surface area contributed by atoms with Crippen molar-refractivity contribution in [2.45, 2.75) is 116 Å². The predicted octanol–water partition coefficient (Wildman–Crippen LogP) is 7.94. The van der Waals surface area contributed by atoms with Gasteiger partial charge in [-0.2, -0.15) is 0 Å². The Morgan fingerprint density at radius 1 is 1.03 bits per heavy atom. The summed E-state index contributed by atoms with van der Waals surface area (Å²) in [7, 11) is 0. The highest BCUT2D eigenvalue weighted by Crippen LogP contribution is 2.37. The minimum absolute atomic E-state index is 0.0937. The third-order valence-electron chi connectivity index (χ3n) is 11.8. The number of anilines is 1. The van der Waals surface area contributed by atoms with Crippen molar-refractivity contribution in [2.75, 3.05) is 44.7 Å². The Morgan fingerprint density at radius 2 is 1.83 bits per heavy atom. The average Bonchev–Trinajstić information content (AvgIpc) is 3.62. The molecule has 3 aromatic carbocycles. The van der Waals surface area contributed by atoms with Crippen LogP contribution in [0.1, 0.15) is 105 Å². The van der Waals surface area contributed by atoms with Crippen LogP contribution < -0.4 is 15.4 Å². The number of nitrogens with one attached hydrogen (secondary N) is 2. The Bertz CT molecular complexity index is 2090. The normalized spacial score (nSPS) is 21.1. The molecule has 59 heavy (non-hydrogen) atoms. The second kappa shape index (κ2) is 18.5. The van der Waals surface area contributed by atoms with Gasteiger partial charge in [0.2, 0.25) is 0 Å². The number of carbonyl (C=O) groups is 3. The third-order valence-corrected chi connectivity index (χ3v) is 12.7. The quantitative estimate of drug-likeness (QED) is 0.102. The van der Waals surface area contributed by atoms with Crippen LogP contribution in [0, 0.1) is 6.92 Å². The molecular formula is C46H58FN5O6S. The number of aromatic nitrogens is 1. The van der Waals surface area contributed by atoms with Crippen LogP contribution in [0.25, 0.3) is 10.2 Å². The van der Waals surface area contributed by atoms with Crippen LogP contribution in [0.15, 0.2) is 60.7 Å². The van der Waals surface area contributed by atoms with E-state index in [4.69, 9.17) is 14.2 Å². The summed E-state index contributed by atoms with van der Waals surface area (Å²) < 4.78 is 33.8. The summed E-state index contributed by atoms with van der Waals surface area (Å²) in [5.41, 5.74) is 3.82. The lowest BCUT2D eigenvalue weighted by Crippen LogP contribution is -2.59. The summed E-state index contributed by atoms with van der Waals surface area (Å²) in [6, 6.07) is 19.2. The number of halogens is 1. The molecule has 1 amide bonds. The first-order valence-electron chi connectivity index (χ1n) is 21.1. The van der Waals surface area contributed by atoms with Crippen molar-refractivity contribution in [2.24, 2.45) is 0 Å². The highest BCUT2D eigenvalue weighted by Gasteiger charge is 2.41. The molecule has 11 nitrogen and oxygen atoms in total. The molecule has 0 spiro atoms. The topological polar surface area (TPSA) is 122 Å². The van der Waals surface area contributed by atoms with E-state index in [1.165, 1.54) is 11.3 Å². The number of fused-ring (bicyclic) bond motifs is 2. The maximum absolute atomic E-state index is 15.6. The van der Waals surface area contributed by atoms with E-state index in [-0.39, 0.29) is 36.5 Å². The first kappa shape index (κ1) is 42.7. The van der Waals surface area contributed by atoms with E-state index < -0.39 is 17.3 Å². The molecule has 4 aromatic rings. The van der Waals surface area contributed by atoms with Crippen molar-refractivity contribution >= 4 is 44.5 Å². The number of rotatable bonds is 13. The molecule has 0 bridgehead atoms. The molecule has 3 aliphatic heterocycles. The number of alkyl halides is 1. The molecule has 0 saturated carbocycles. The van der Waals surface area contributed by atoms with E-state index >= 15 is 4.39 Å². The molecular weight excluding hydrogens is 770 g/mol. The van der Waals surface area contributed by atoms with Gasteiger partial charge >= 0.3 is 11.9 Å². The number of nitrogens with zero attached hydrogens (tertiary/aromatic N) is 3. The van der Waals surface area contributed by atoms with Gasteiger partial charge in [-0.3, -0.25) is 34.8 Å². The first-order valence-corrected chi connectivity index (χ1v) is 21.9. The lowest BCUT2D eigenvalue weighted by atomic mass is 9.81. The Balaban J connectivity index is 0.978. The maximum atomic E-state index is 15.6. The number of ether oxygens (including phenoxy) is 3. The van der Waals surface area contributed by atoms with Gasteiger partial charge in [-0.15, -0.1) is 0 Å². The molecule has 316 valence electrons. The second-order valence-corrected chi connectivity index (χ2v) is 18.2. The zero-order valence-corrected chi connectivity index (χ0v) is 35.8. The average molecular weight is 828 g/mol. The number of carbonyl (C=O) groups excluding carboxylic acids is 3. The summed E-state index contributed by atoms with van der Waals surface area (Å²) in [5, 5.41) is 7.33. The van der Waals surface area contributed by atoms with Crippen LogP contribution in [0.2, 0.25) is 0 Å². The van der Waals surface area contributed by atoms with E-state index in [0.29, 0.717) is 75.0 Å². The smallest absolute Gasteiger partial charge is 0.324 e. The molecule has 0 radical (unpaired) electrons. The molecule has 2 fully saturated rings. The largest absolute Gasteiger partial charge is 0.494 e. The highest BCUT2D eigenvalue weighted by molar-refractivity contribution is 7.22. The summed E-state index contributed by atoms with van der Waals surface area (Å²) in [5.74, 6) is -0.129. The van der Waals surface area contributed by atoms with Crippen LogP contribution in [-0.2, 0) is 32.0 Å². The fourth-order valence-corrected chi connectivity index (χ4v) is 9.65. The van der Waals surface area contributed by atoms with Gasteiger partial charge in [0.25, 0.3) is 5.91 Å². The number of para-hydroxylation sites is 1. The minimum atomic E-state index is -1.26. The first-order chi connectivity index (χ1) is 28.3. The Hall–Kier alpha value is -4.43. The number of thiazole rings is 1. The molecule has 3 unspecified atom stereocenters. The number of benzene rings is 3. The number of amides is 1. The van der Waals surface area contributed by atoms with Gasteiger partial charge in [0.05, 0.1) is 36.1 Å². The van der Waals surface area contributed by atoms with Gasteiger partial charge < -0.3 is 14.2 Å². The van der Waals surface area contributed by atoms with Crippen LogP contribution in [0.5, 0.6) is 5.75 Å². The molecule has 2 N–H and O–H groups in total. The molecule has 3 atom stereocenters. The van der Waals surface area contributed by atoms with Crippen LogP contribution in [0.3, 0.4) is 0 Å². The van der Waals surface area contributed by atoms with Crippen molar-refractivity contribution in [3.63, 3.8) is 0 Å². The monoisotopic (exact) mass is 827 g/mol. The van der Waals surface area contributed by atoms with Crippen molar-refractivity contribution in [3.05, 3.63) is 88.5 Å². The summed E-state index contributed by atoms with van der Waals surface area (Å²) >= 11 is 1.46. The Morgan fingerprint density at radius 3 is 2.58 bits per heavy atom. The van der Waals surface area contributed by atoms with Crippen molar-refractivity contribution in [3.8, 4) is 5.75 Å². The molecule has 13 heteroatoms. The zero-order valence-electron chi connectivity index (χ0n) is 35.0. The zero-order chi connectivity index (χ0) is 41.7. The number of piperidine rings is 2. The van der Waals surface area contributed by atoms with E-state index in [0.717, 1.165) is 58.3 Å². The maximum Gasteiger partial charge on any atom is 0.324 e. The van der Waals surface area contributed by atoms with Crippen LogP contribution >= 0.6 is 11.3 Å². The van der Waals surface area contributed by atoms with E-state index in [2.05, 4.69) is 32.7 Å². The summed E-state index contributed by atoms with van der Waals surface area (Å²) in [4.78, 5) is 48.4. The van der Waals surface area contributed by atoms with Gasteiger partial charge in [0.15, 0.2) is 5.13 Å². The molecule has 7 rings (SSSR count). The van der Waals surface area contributed by atoms with Crippen molar-refractivity contribution < 1.29 is 33.0 Å². The van der Waals surface area contributed by atoms with E-state index in [1.807, 2.05) is 81.1 Å². The number of aryl methyl sites for hydroxylation is 1. The summed E-state index contributed by atoms with van der Waals surface area (Å²) in [6.07, 6.45) is 4.05. The van der Waals surface area contributed by atoms with Gasteiger partial charge in [-0.05, 0) is 132 Å². The lowest BCUT2D eigenvalue weighted by molar-refractivity contribution is -0.160. The van der Waals surface area contributed by atoms with Crippen molar-refractivity contribution in [1.82, 2.24) is 20.1 Å². The van der Waals surface area contributed by atoms with Crippen molar-refractivity contribution in [1.29, 1.82) is 0 Å². The fraction of sp³-hybridized carbons (Fsp3) is 0.522. The van der Waals surface area contributed by atoms with E-state index in [9.17, 15) is 14.4 Å².